The van der Waals surface area contributed by atoms with Crippen LogP contribution in [0.5, 0.6) is 5.75 Å². The molecule has 1 aromatic carbocycles. The van der Waals surface area contributed by atoms with Crippen molar-refractivity contribution in [2.45, 2.75) is 13.3 Å². The van der Waals surface area contributed by atoms with Crippen molar-refractivity contribution >= 4 is 35.6 Å². The van der Waals surface area contributed by atoms with Crippen LogP contribution in [0.4, 0.5) is 17.3 Å². The molecule has 172 valence electrons. The number of nitriles is 1. The van der Waals surface area contributed by atoms with Crippen LogP contribution in [0.3, 0.4) is 0 Å². The van der Waals surface area contributed by atoms with Gasteiger partial charge in [-0.3, -0.25) is 4.79 Å². The third kappa shape index (κ3) is 5.54. The molecule has 1 N–H and O–H groups in total. The Hall–Kier alpha value is -3.18. The van der Waals surface area contributed by atoms with E-state index in [4.69, 9.17) is 15.0 Å². The molecule has 32 heavy (non-hydrogen) atoms. The van der Waals surface area contributed by atoms with Crippen LogP contribution in [-0.4, -0.2) is 69.7 Å². The predicted molar refractivity (Wildman–Crippen MR) is 130 cm³/mol. The van der Waals surface area contributed by atoms with Gasteiger partial charge in [0.1, 0.15) is 17.4 Å². The summed E-state index contributed by atoms with van der Waals surface area (Å²) < 4.78 is 5.50. The largest absolute Gasteiger partial charge is 0.495 e. The summed E-state index contributed by atoms with van der Waals surface area (Å²) in [6.45, 7) is 6.05. The maximum Gasteiger partial charge on any atom is 0.257 e. The van der Waals surface area contributed by atoms with Gasteiger partial charge >= 0.3 is 0 Å². The van der Waals surface area contributed by atoms with Crippen LogP contribution in [-0.2, 0) is 0 Å². The monoisotopic (exact) mass is 458 g/mol. The highest BCUT2D eigenvalue weighted by Gasteiger charge is 2.23. The van der Waals surface area contributed by atoms with Crippen molar-refractivity contribution < 1.29 is 9.53 Å². The van der Waals surface area contributed by atoms with E-state index >= 15 is 0 Å². The molecule has 1 aliphatic heterocycles. The third-order valence-electron chi connectivity index (χ3n) is 5.31. The highest BCUT2D eigenvalue weighted by atomic mass is 35.5. The van der Waals surface area contributed by atoms with E-state index in [2.05, 4.69) is 28.1 Å². The molecule has 1 fully saturated rings. The van der Waals surface area contributed by atoms with Gasteiger partial charge in [-0.2, -0.15) is 5.26 Å². The molecule has 0 saturated carbocycles. The maximum atomic E-state index is 12.5. The van der Waals surface area contributed by atoms with Crippen molar-refractivity contribution in [1.82, 2.24) is 9.88 Å². The Balaban J connectivity index is 0.00000363. The molecule has 9 heteroatoms. The topological polar surface area (TPSA) is 84.7 Å². The summed E-state index contributed by atoms with van der Waals surface area (Å²) in [5, 5.41) is 12.4. The Morgan fingerprint density at radius 3 is 2.47 bits per heavy atom. The highest BCUT2D eigenvalue weighted by Crippen LogP contribution is 2.31. The fourth-order valence-electron chi connectivity index (χ4n) is 3.60. The molecule has 0 radical (unpaired) electrons. The number of anilines is 3. The number of hydrogen-bond donors (Lipinski definition) is 1. The van der Waals surface area contributed by atoms with Crippen molar-refractivity contribution in [3.63, 3.8) is 0 Å². The Kier molecular flexibility index (Phi) is 8.97. The Morgan fingerprint density at radius 2 is 1.88 bits per heavy atom. The van der Waals surface area contributed by atoms with Crippen molar-refractivity contribution in [3.8, 4) is 11.8 Å². The van der Waals surface area contributed by atoms with Gasteiger partial charge in [0, 0.05) is 52.9 Å². The standard InChI is InChI=1S/C23H30N6O2.ClH/c1-5-10-25-22-18(23(30)27(2)3)7-9-21(26-22)29-13-11-28(12-14-29)19-8-6-17(16-24)15-20(19)31-4;/h6-9,15H,5,10-14H2,1-4H3,(H,25,26);1H. The molecule has 8 nitrogen and oxygen atoms in total. The summed E-state index contributed by atoms with van der Waals surface area (Å²) >= 11 is 0. The number of benzene rings is 1. The number of methoxy groups -OCH3 is 1. The number of ether oxygens (including phenoxy) is 1. The van der Waals surface area contributed by atoms with E-state index in [1.807, 2.05) is 24.3 Å². The van der Waals surface area contributed by atoms with Gasteiger partial charge in [-0.25, -0.2) is 4.98 Å². The summed E-state index contributed by atoms with van der Waals surface area (Å²) in [6.07, 6.45) is 0.951. The maximum absolute atomic E-state index is 12.5. The molecule has 2 aromatic rings. The molecule has 0 atom stereocenters. The number of hydrogen-bond acceptors (Lipinski definition) is 7. The summed E-state index contributed by atoms with van der Waals surface area (Å²) in [7, 11) is 5.12. The zero-order valence-corrected chi connectivity index (χ0v) is 19.9. The van der Waals surface area contributed by atoms with Gasteiger partial charge in [-0.15, -0.1) is 12.4 Å². The number of amides is 1. The van der Waals surface area contributed by atoms with Gasteiger partial charge in [-0.1, -0.05) is 6.92 Å². The van der Waals surface area contributed by atoms with Gasteiger partial charge in [0.25, 0.3) is 5.91 Å². The van der Waals surface area contributed by atoms with E-state index in [1.54, 1.807) is 32.2 Å². The average Bonchev–Trinajstić information content (AvgIpc) is 2.81. The van der Waals surface area contributed by atoms with Gasteiger partial charge < -0.3 is 24.8 Å². The number of piperazine rings is 1. The molecule has 1 aromatic heterocycles. The molecule has 2 heterocycles. The first-order chi connectivity index (χ1) is 15.0. The Labute approximate surface area is 196 Å². The molecule has 0 unspecified atom stereocenters. The van der Waals surface area contributed by atoms with Gasteiger partial charge in [0.2, 0.25) is 0 Å². The quantitative estimate of drug-likeness (QED) is 0.681. The smallest absolute Gasteiger partial charge is 0.257 e. The summed E-state index contributed by atoms with van der Waals surface area (Å²) in [4.78, 5) is 23.4. The molecule has 0 bridgehead atoms. The fourth-order valence-corrected chi connectivity index (χ4v) is 3.60. The lowest BCUT2D eigenvalue weighted by molar-refractivity contribution is 0.0828. The second-order valence-electron chi connectivity index (χ2n) is 7.66. The van der Waals surface area contributed by atoms with Crippen molar-refractivity contribution in [2.75, 3.05) is 69.0 Å². The minimum absolute atomic E-state index is 0. The van der Waals surface area contributed by atoms with Crippen LogP contribution >= 0.6 is 12.4 Å². The molecular formula is C23H31ClN6O2. The molecular weight excluding hydrogens is 428 g/mol. The lowest BCUT2D eigenvalue weighted by Crippen LogP contribution is -2.47. The lowest BCUT2D eigenvalue weighted by atomic mass is 10.1. The minimum Gasteiger partial charge on any atom is -0.495 e. The second kappa shape index (κ2) is 11.4. The minimum atomic E-state index is -0.0598. The zero-order chi connectivity index (χ0) is 22.4. The summed E-state index contributed by atoms with van der Waals surface area (Å²) in [5.41, 5.74) is 2.16. The number of nitrogens with zero attached hydrogens (tertiary/aromatic N) is 5. The van der Waals surface area contributed by atoms with Crippen LogP contribution in [0.2, 0.25) is 0 Å². The van der Waals surface area contributed by atoms with E-state index in [0.29, 0.717) is 22.7 Å². The van der Waals surface area contributed by atoms with Crippen LogP contribution in [0.1, 0.15) is 29.3 Å². The molecule has 1 saturated heterocycles. The number of halogens is 1. The Bertz CT molecular complexity index is 967. The summed E-state index contributed by atoms with van der Waals surface area (Å²) in [5.74, 6) is 2.15. The van der Waals surface area contributed by atoms with Gasteiger partial charge in [0.05, 0.1) is 30.0 Å². The SMILES string of the molecule is CCCNc1nc(N2CCN(c3ccc(C#N)cc3OC)CC2)ccc1C(=O)N(C)C.Cl. The van der Waals surface area contributed by atoms with E-state index in [1.165, 1.54) is 0 Å². The zero-order valence-electron chi connectivity index (χ0n) is 19.1. The molecule has 1 aliphatic rings. The second-order valence-corrected chi connectivity index (χ2v) is 7.66. The first-order valence-corrected chi connectivity index (χ1v) is 10.5. The molecule has 3 rings (SSSR count). The highest BCUT2D eigenvalue weighted by molar-refractivity contribution is 5.98. The van der Waals surface area contributed by atoms with E-state index < -0.39 is 0 Å². The van der Waals surface area contributed by atoms with Crippen molar-refractivity contribution in [1.29, 1.82) is 5.26 Å². The first kappa shape index (κ1) is 25.1. The summed E-state index contributed by atoms with van der Waals surface area (Å²) in [6, 6.07) is 11.5. The number of carbonyl (C=O) groups excluding carboxylic acids is 1. The van der Waals surface area contributed by atoms with Gasteiger partial charge in [-0.05, 0) is 30.7 Å². The fraction of sp³-hybridized carbons (Fsp3) is 0.435. The molecule has 0 spiro atoms. The van der Waals surface area contributed by atoms with Crippen molar-refractivity contribution in [2.24, 2.45) is 0 Å². The average molecular weight is 459 g/mol. The lowest BCUT2D eigenvalue weighted by Gasteiger charge is -2.37. The number of pyridine rings is 1. The Morgan fingerprint density at radius 1 is 1.19 bits per heavy atom. The third-order valence-corrected chi connectivity index (χ3v) is 5.31. The number of nitrogens with one attached hydrogen (secondary N) is 1. The van der Waals surface area contributed by atoms with Crippen LogP contribution in [0.15, 0.2) is 30.3 Å². The van der Waals surface area contributed by atoms with Crippen LogP contribution in [0.25, 0.3) is 0 Å². The normalized spacial score (nSPS) is 13.1. The van der Waals surface area contributed by atoms with Crippen molar-refractivity contribution in [3.05, 3.63) is 41.5 Å². The molecule has 0 aliphatic carbocycles. The number of aromatic nitrogens is 1. The van der Waals surface area contributed by atoms with Crippen LogP contribution in [0, 0.1) is 11.3 Å². The predicted octanol–water partition coefficient (Wildman–Crippen LogP) is 3.23. The first-order valence-electron chi connectivity index (χ1n) is 10.5. The van der Waals surface area contributed by atoms with E-state index in [9.17, 15) is 4.79 Å². The van der Waals surface area contributed by atoms with Gasteiger partial charge in [0.15, 0.2) is 0 Å². The van der Waals surface area contributed by atoms with Crippen LogP contribution < -0.4 is 19.9 Å². The number of carbonyl (C=O) groups is 1. The number of rotatable bonds is 7. The molecule has 1 amide bonds. The van der Waals surface area contributed by atoms with E-state index in [-0.39, 0.29) is 18.3 Å². The van der Waals surface area contributed by atoms with E-state index in [0.717, 1.165) is 50.6 Å².